The number of hydrogen-bond acceptors (Lipinski definition) is 4. The van der Waals surface area contributed by atoms with Crippen LogP contribution in [0, 0.1) is 0 Å². The minimum absolute atomic E-state index is 0.207. The third-order valence-corrected chi connectivity index (χ3v) is 2.65. The van der Waals surface area contributed by atoms with Crippen molar-refractivity contribution in [1.82, 2.24) is 4.90 Å². The van der Waals surface area contributed by atoms with E-state index in [4.69, 9.17) is 10.5 Å². The number of nitrogens with zero attached hydrogens (tertiary/aromatic N) is 2. The summed E-state index contributed by atoms with van der Waals surface area (Å²) in [6.07, 6.45) is 4.23. The Morgan fingerprint density at radius 2 is 2.15 bits per heavy atom. The van der Waals surface area contributed by atoms with Crippen LogP contribution in [-0.2, 0) is 4.74 Å². The van der Waals surface area contributed by atoms with Crippen molar-refractivity contribution in [2.45, 2.75) is 25.4 Å². The highest BCUT2D eigenvalue weighted by Crippen LogP contribution is 2.11. The molecule has 2 aliphatic rings. The SMILES string of the molecule is NC1=NCC(CN2CCCCC2)O1. The van der Waals surface area contributed by atoms with E-state index in [2.05, 4.69) is 9.89 Å². The van der Waals surface area contributed by atoms with Crippen LogP contribution in [0.25, 0.3) is 0 Å². The number of rotatable bonds is 2. The molecule has 2 N–H and O–H groups in total. The van der Waals surface area contributed by atoms with Crippen molar-refractivity contribution < 1.29 is 4.74 Å². The lowest BCUT2D eigenvalue weighted by molar-refractivity contribution is 0.129. The van der Waals surface area contributed by atoms with Gasteiger partial charge in [0.1, 0.15) is 6.10 Å². The maximum Gasteiger partial charge on any atom is 0.282 e. The Morgan fingerprint density at radius 1 is 1.38 bits per heavy atom. The van der Waals surface area contributed by atoms with Crippen molar-refractivity contribution in [2.75, 3.05) is 26.2 Å². The zero-order valence-electron chi connectivity index (χ0n) is 7.91. The van der Waals surface area contributed by atoms with Crippen molar-refractivity contribution in [1.29, 1.82) is 0 Å². The molecule has 1 fully saturated rings. The van der Waals surface area contributed by atoms with E-state index in [0.29, 0.717) is 6.02 Å². The van der Waals surface area contributed by atoms with Crippen LogP contribution in [0.1, 0.15) is 19.3 Å². The first-order valence-corrected chi connectivity index (χ1v) is 5.03. The zero-order chi connectivity index (χ0) is 9.10. The van der Waals surface area contributed by atoms with Gasteiger partial charge in [-0.25, -0.2) is 4.99 Å². The van der Waals surface area contributed by atoms with Gasteiger partial charge in [-0.05, 0) is 25.9 Å². The summed E-state index contributed by atoms with van der Waals surface area (Å²) in [5.74, 6) is 0. The fourth-order valence-electron chi connectivity index (χ4n) is 1.96. The number of likely N-dealkylation sites (tertiary alicyclic amines) is 1. The molecule has 1 unspecified atom stereocenters. The quantitative estimate of drug-likeness (QED) is 0.664. The van der Waals surface area contributed by atoms with Gasteiger partial charge >= 0.3 is 0 Å². The van der Waals surface area contributed by atoms with E-state index in [1.165, 1.54) is 32.4 Å². The Morgan fingerprint density at radius 3 is 2.77 bits per heavy atom. The molecule has 2 heterocycles. The van der Waals surface area contributed by atoms with E-state index in [1.807, 2.05) is 0 Å². The van der Waals surface area contributed by atoms with E-state index >= 15 is 0 Å². The van der Waals surface area contributed by atoms with Crippen molar-refractivity contribution in [3.63, 3.8) is 0 Å². The second-order valence-electron chi connectivity index (χ2n) is 3.78. The summed E-state index contributed by atoms with van der Waals surface area (Å²) in [5.41, 5.74) is 5.44. The van der Waals surface area contributed by atoms with Crippen molar-refractivity contribution in [2.24, 2.45) is 10.7 Å². The summed E-state index contributed by atoms with van der Waals surface area (Å²) in [4.78, 5) is 6.48. The molecule has 0 bridgehead atoms. The van der Waals surface area contributed by atoms with E-state index in [0.717, 1.165) is 13.1 Å². The zero-order valence-corrected chi connectivity index (χ0v) is 7.91. The second kappa shape index (κ2) is 3.96. The molecule has 0 aromatic heterocycles. The van der Waals surface area contributed by atoms with Crippen LogP contribution in [0.15, 0.2) is 4.99 Å². The first-order valence-electron chi connectivity index (χ1n) is 5.03. The van der Waals surface area contributed by atoms with Crippen molar-refractivity contribution >= 4 is 6.02 Å². The molecule has 0 aromatic rings. The van der Waals surface area contributed by atoms with Gasteiger partial charge in [0.2, 0.25) is 0 Å². The molecule has 2 aliphatic heterocycles. The Bertz CT molecular complexity index is 199. The summed E-state index contributed by atoms with van der Waals surface area (Å²) in [5, 5.41) is 0. The standard InChI is InChI=1S/C9H17N3O/c10-9-11-6-8(13-9)7-12-4-2-1-3-5-12/h8H,1-7H2,(H2,10,11). The molecule has 2 rings (SSSR count). The Kier molecular flexibility index (Phi) is 2.68. The van der Waals surface area contributed by atoms with Crippen LogP contribution in [-0.4, -0.2) is 43.2 Å². The van der Waals surface area contributed by atoms with Gasteiger partial charge in [0.25, 0.3) is 6.02 Å². The van der Waals surface area contributed by atoms with Crippen molar-refractivity contribution in [3.8, 4) is 0 Å². The Labute approximate surface area is 78.8 Å². The van der Waals surface area contributed by atoms with E-state index in [-0.39, 0.29) is 6.10 Å². The molecule has 1 atom stereocenters. The lowest BCUT2D eigenvalue weighted by Gasteiger charge is -2.28. The highest BCUT2D eigenvalue weighted by atomic mass is 16.5. The highest BCUT2D eigenvalue weighted by Gasteiger charge is 2.21. The smallest absolute Gasteiger partial charge is 0.282 e. The molecular weight excluding hydrogens is 166 g/mol. The number of hydrogen-bond donors (Lipinski definition) is 1. The van der Waals surface area contributed by atoms with Crippen LogP contribution in [0.3, 0.4) is 0 Å². The van der Waals surface area contributed by atoms with E-state index in [1.54, 1.807) is 0 Å². The highest BCUT2D eigenvalue weighted by molar-refractivity contribution is 5.73. The fraction of sp³-hybridized carbons (Fsp3) is 0.889. The number of aliphatic imine (C=N–C) groups is 1. The minimum Gasteiger partial charge on any atom is -0.459 e. The van der Waals surface area contributed by atoms with Crippen LogP contribution < -0.4 is 5.73 Å². The molecule has 4 heteroatoms. The molecular formula is C9H17N3O. The van der Waals surface area contributed by atoms with Crippen LogP contribution in [0.5, 0.6) is 0 Å². The summed E-state index contributed by atoms with van der Waals surface area (Å²) in [6.45, 7) is 4.14. The molecule has 74 valence electrons. The van der Waals surface area contributed by atoms with Crippen LogP contribution in [0.4, 0.5) is 0 Å². The minimum atomic E-state index is 0.207. The summed E-state index contributed by atoms with van der Waals surface area (Å²) >= 11 is 0. The number of piperidine rings is 1. The predicted molar refractivity (Wildman–Crippen MR) is 51.7 cm³/mol. The van der Waals surface area contributed by atoms with Gasteiger partial charge in [0.05, 0.1) is 6.54 Å². The third kappa shape index (κ3) is 2.34. The Hall–Kier alpha value is -0.770. The number of ether oxygens (including phenoxy) is 1. The molecule has 0 spiro atoms. The molecule has 4 nitrogen and oxygen atoms in total. The second-order valence-corrected chi connectivity index (χ2v) is 3.78. The average molecular weight is 183 g/mol. The third-order valence-electron chi connectivity index (χ3n) is 2.65. The molecule has 13 heavy (non-hydrogen) atoms. The Balaban J connectivity index is 1.72. The van der Waals surface area contributed by atoms with Gasteiger partial charge in [0, 0.05) is 6.54 Å². The van der Waals surface area contributed by atoms with Gasteiger partial charge in [-0.1, -0.05) is 6.42 Å². The van der Waals surface area contributed by atoms with Gasteiger partial charge in [-0.2, -0.15) is 0 Å². The maximum absolute atomic E-state index is 5.44. The van der Waals surface area contributed by atoms with Gasteiger partial charge in [-0.3, -0.25) is 4.90 Å². The largest absolute Gasteiger partial charge is 0.459 e. The fourth-order valence-corrected chi connectivity index (χ4v) is 1.96. The van der Waals surface area contributed by atoms with Crippen molar-refractivity contribution in [3.05, 3.63) is 0 Å². The molecule has 0 aromatic carbocycles. The first kappa shape index (κ1) is 8.81. The number of amidine groups is 1. The molecule has 0 radical (unpaired) electrons. The first-order chi connectivity index (χ1) is 6.34. The average Bonchev–Trinajstić information content (AvgIpc) is 2.53. The molecule has 0 aliphatic carbocycles. The lowest BCUT2D eigenvalue weighted by atomic mass is 10.1. The predicted octanol–water partition coefficient (Wildman–Crippen LogP) is 0.186. The normalized spacial score (nSPS) is 29.8. The summed E-state index contributed by atoms with van der Waals surface area (Å²) < 4.78 is 5.35. The van der Waals surface area contributed by atoms with Gasteiger partial charge in [-0.15, -0.1) is 0 Å². The number of nitrogens with two attached hydrogens (primary N) is 1. The monoisotopic (exact) mass is 183 g/mol. The molecule has 0 saturated carbocycles. The van der Waals surface area contributed by atoms with E-state index in [9.17, 15) is 0 Å². The van der Waals surface area contributed by atoms with Crippen LogP contribution in [0.2, 0.25) is 0 Å². The summed E-state index contributed by atoms with van der Waals surface area (Å²) in [6, 6.07) is 0.363. The maximum atomic E-state index is 5.44. The molecule has 1 saturated heterocycles. The topological polar surface area (TPSA) is 50.8 Å². The van der Waals surface area contributed by atoms with E-state index < -0.39 is 0 Å². The molecule has 0 amide bonds. The van der Waals surface area contributed by atoms with Gasteiger partial charge in [0.15, 0.2) is 0 Å². The van der Waals surface area contributed by atoms with Crippen LogP contribution >= 0.6 is 0 Å². The van der Waals surface area contributed by atoms with Gasteiger partial charge < -0.3 is 10.5 Å². The lowest BCUT2D eigenvalue weighted by Crippen LogP contribution is -2.38. The summed E-state index contributed by atoms with van der Waals surface area (Å²) in [7, 11) is 0.